The molecule has 2 aliphatic heterocycles. The van der Waals surface area contributed by atoms with Gasteiger partial charge in [0, 0.05) is 29.5 Å². The number of thioether (sulfide) groups is 1. The molecule has 3 atom stereocenters. The minimum absolute atomic E-state index is 0.0121. The topological polar surface area (TPSA) is 238 Å². The van der Waals surface area contributed by atoms with Crippen molar-refractivity contribution in [2.45, 2.75) is 37.5 Å². The van der Waals surface area contributed by atoms with E-state index in [1.54, 1.807) is 46.0 Å². The highest BCUT2D eigenvalue weighted by Crippen LogP contribution is 2.40. The Morgan fingerprint density at radius 2 is 2.02 bits per heavy atom. The molecule has 5 rings (SSSR count). The standard InChI is InChI=1S/C26H26ClN9O8S2/c1-12(24(40)41)44-33-17(16-20(27)46-26(28)32-16)21(38)31-18-22(39)36-19(25(42)43)13(11-45-23(18)36)10-34-6-3-14(4-7-34)30-15-2-5-29-35(15)8-9-37/h2-7,12,18,23,37H,8-11H2,1H3,(H5,28,31,32,38,40,41,42,43)/p+1/t12-,18?,23?/m0/s1. The number of thiazole rings is 1. The SMILES string of the molecule is C[C@H](ON=C(C(=O)NC1C(=O)N2C(C(=O)O)=C(C[n+]3ccc(Nc4ccnn4CCO)cc3)CSC12)c1nc(N)sc1Cl)C(=O)O. The molecule has 3 aromatic rings. The molecular weight excluding hydrogens is 666 g/mol. The fourth-order valence-electron chi connectivity index (χ4n) is 4.57. The van der Waals surface area contributed by atoms with Crippen LogP contribution in [0.1, 0.15) is 12.6 Å². The van der Waals surface area contributed by atoms with Crippen molar-refractivity contribution in [1.29, 1.82) is 0 Å². The first-order valence-electron chi connectivity index (χ1n) is 13.5. The number of nitrogen functional groups attached to an aromatic ring is 1. The van der Waals surface area contributed by atoms with Gasteiger partial charge in [-0.05, 0) is 6.92 Å². The summed E-state index contributed by atoms with van der Waals surface area (Å²) in [5.74, 6) is -3.30. The number of pyridine rings is 1. The Kier molecular flexibility index (Phi) is 9.75. The van der Waals surface area contributed by atoms with Crippen LogP contribution in [0.4, 0.5) is 16.6 Å². The highest BCUT2D eigenvalue weighted by atomic mass is 35.5. The van der Waals surface area contributed by atoms with E-state index in [9.17, 15) is 29.4 Å². The van der Waals surface area contributed by atoms with Crippen LogP contribution in [-0.4, -0.2) is 94.3 Å². The number of carboxylic acids is 2. The molecule has 0 spiro atoms. The minimum atomic E-state index is -1.42. The van der Waals surface area contributed by atoms with Crippen LogP contribution in [-0.2, 0) is 37.1 Å². The molecule has 46 heavy (non-hydrogen) atoms. The van der Waals surface area contributed by atoms with Gasteiger partial charge in [0.1, 0.15) is 33.0 Å². The van der Waals surface area contributed by atoms with Gasteiger partial charge < -0.3 is 36.5 Å². The van der Waals surface area contributed by atoms with Crippen molar-refractivity contribution in [3.63, 3.8) is 0 Å². The van der Waals surface area contributed by atoms with Crippen molar-refractivity contribution in [3.05, 3.63) is 58.1 Å². The summed E-state index contributed by atoms with van der Waals surface area (Å²) in [6.07, 6.45) is 3.70. The van der Waals surface area contributed by atoms with E-state index in [-0.39, 0.29) is 39.8 Å². The number of hydrogen-bond donors (Lipinski definition) is 6. The summed E-state index contributed by atoms with van der Waals surface area (Å²) in [5.41, 5.74) is 6.08. The Morgan fingerprint density at radius 1 is 1.28 bits per heavy atom. The molecule has 2 amide bonds. The lowest BCUT2D eigenvalue weighted by Gasteiger charge is -2.49. The molecule has 0 aliphatic carbocycles. The number of hydrogen-bond acceptors (Lipinski definition) is 13. The molecule has 3 aromatic heterocycles. The van der Waals surface area contributed by atoms with E-state index < -0.39 is 47.0 Å². The molecule has 7 N–H and O–H groups in total. The molecule has 0 saturated carbocycles. The van der Waals surface area contributed by atoms with Gasteiger partial charge in [-0.2, -0.15) is 5.10 Å². The van der Waals surface area contributed by atoms with E-state index in [4.69, 9.17) is 27.3 Å². The van der Waals surface area contributed by atoms with Gasteiger partial charge in [-0.25, -0.2) is 23.8 Å². The zero-order chi connectivity index (χ0) is 33.1. The number of nitrogens with zero attached hydrogens (tertiary/aromatic N) is 6. The van der Waals surface area contributed by atoms with Crippen LogP contribution in [0.15, 0.2) is 53.2 Å². The summed E-state index contributed by atoms with van der Waals surface area (Å²) in [7, 11) is 0. The van der Waals surface area contributed by atoms with E-state index in [1.807, 2.05) is 0 Å². The second-order valence-corrected chi connectivity index (χ2v) is 12.6. The molecule has 0 bridgehead atoms. The first-order valence-corrected chi connectivity index (χ1v) is 15.7. The van der Waals surface area contributed by atoms with E-state index in [2.05, 4.69) is 25.9 Å². The van der Waals surface area contributed by atoms with Crippen LogP contribution in [0.25, 0.3) is 0 Å². The van der Waals surface area contributed by atoms with Crippen molar-refractivity contribution >= 4 is 80.8 Å². The number of amides is 2. The van der Waals surface area contributed by atoms with Crippen LogP contribution in [0.3, 0.4) is 0 Å². The summed E-state index contributed by atoms with van der Waals surface area (Å²) in [6.45, 7) is 1.65. The van der Waals surface area contributed by atoms with E-state index in [1.165, 1.54) is 18.7 Å². The average molecular weight is 693 g/mol. The van der Waals surface area contributed by atoms with Crippen molar-refractivity contribution in [2.75, 3.05) is 23.4 Å². The van der Waals surface area contributed by atoms with Crippen LogP contribution in [0, 0.1) is 0 Å². The molecular formula is C26H27ClN9O8S2+. The number of carboxylic acid groups (broad SMARTS) is 2. The van der Waals surface area contributed by atoms with E-state index >= 15 is 0 Å². The van der Waals surface area contributed by atoms with Crippen molar-refractivity contribution < 1.29 is 43.9 Å². The molecule has 2 unspecified atom stereocenters. The third-order valence-electron chi connectivity index (χ3n) is 6.79. The Balaban J connectivity index is 1.30. The second-order valence-electron chi connectivity index (χ2n) is 9.87. The maximum absolute atomic E-state index is 13.3. The number of carbonyl (C=O) groups excluding carboxylic acids is 2. The Bertz CT molecular complexity index is 1740. The maximum atomic E-state index is 13.3. The van der Waals surface area contributed by atoms with Gasteiger partial charge in [-0.15, -0.1) is 11.8 Å². The number of nitrogens with two attached hydrogens (primary N) is 1. The number of rotatable bonds is 13. The van der Waals surface area contributed by atoms with Gasteiger partial charge in [0.25, 0.3) is 11.8 Å². The average Bonchev–Trinajstić information content (AvgIpc) is 3.60. The Hall–Kier alpha value is -4.72. The number of anilines is 3. The molecule has 2 aliphatic rings. The number of nitrogens with one attached hydrogen (secondary N) is 2. The molecule has 20 heteroatoms. The monoisotopic (exact) mass is 692 g/mol. The van der Waals surface area contributed by atoms with E-state index in [0.29, 0.717) is 17.9 Å². The number of aliphatic carboxylic acids is 2. The minimum Gasteiger partial charge on any atom is -0.478 e. The van der Waals surface area contributed by atoms with Crippen molar-refractivity contribution in [2.24, 2.45) is 5.16 Å². The fourth-order valence-corrected chi connectivity index (χ4v) is 6.84. The van der Waals surface area contributed by atoms with Crippen molar-refractivity contribution in [3.8, 4) is 0 Å². The lowest BCUT2D eigenvalue weighted by Crippen LogP contribution is -2.71. The number of aliphatic hydroxyl groups is 1. The van der Waals surface area contributed by atoms with Gasteiger partial charge >= 0.3 is 11.9 Å². The van der Waals surface area contributed by atoms with Crippen LogP contribution < -0.4 is 20.9 Å². The quantitative estimate of drug-likeness (QED) is 0.0610. The number of fused-ring (bicyclic) bond motifs is 1. The smallest absolute Gasteiger partial charge is 0.352 e. The Morgan fingerprint density at radius 3 is 2.65 bits per heavy atom. The second kappa shape index (κ2) is 13.7. The molecule has 0 aromatic carbocycles. The molecule has 1 saturated heterocycles. The number of carbonyl (C=O) groups is 4. The predicted octanol–water partition coefficient (Wildman–Crippen LogP) is 0.231. The zero-order valence-corrected chi connectivity index (χ0v) is 26.3. The highest BCUT2D eigenvalue weighted by Gasteiger charge is 2.55. The van der Waals surface area contributed by atoms with Gasteiger partial charge in [0.15, 0.2) is 29.8 Å². The summed E-state index contributed by atoms with van der Waals surface area (Å²) < 4.78 is 3.37. The summed E-state index contributed by atoms with van der Waals surface area (Å²) in [4.78, 5) is 60.1. The van der Waals surface area contributed by atoms with Gasteiger partial charge in [0.2, 0.25) is 6.10 Å². The molecule has 5 heterocycles. The third kappa shape index (κ3) is 6.76. The van der Waals surface area contributed by atoms with Gasteiger partial charge in [-0.3, -0.25) is 14.5 Å². The van der Waals surface area contributed by atoms with Crippen LogP contribution >= 0.6 is 34.7 Å². The molecule has 1 fully saturated rings. The number of halogens is 1. The zero-order valence-electron chi connectivity index (χ0n) is 23.9. The predicted molar refractivity (Wildman–Crippen MR) is 165 cm³/mol. The molecule has 242 valence electrons. The van der Waals surface area contributed by atoms with Crippen molar-refractivity contribution in [1.82, 2.24) is 25.0 Å². The molecule has 17 nitrogen and oxygen atoms in total. The number of aromatic nitrogens is 4. The first-order chi connectivity index (χ1) is 22.0. The maximum Gasteiger partial charge on any atom is 0.352 e. The summed E-state index contributed by atoms with van der Waals surface area (Å²) in [6, 6.07) is 4.22. The number of β-lactam (4-membered cyclic amide) rings is 1. The normalized spacial score (nSPS) is 18.5. The van der Waals surface area contributed by atoms with Gasteiger partial charge in [0.05, 0.1) is 25.0 Å². The fraction of sp³-hybridized carbons (Fsp3) is 0.308. The summed E-state index contributed by atoms with van der Waals surface area (Å²) in [5, 5.41) is 41.2. The lowest BCUT2D eigenvalue weighted by atomic mass is 10.0. The van der Waals surface area contributed by atoms with Crippen LogP contribution in [0.2, 0.25) is 4.34 Å². The van der Waals surface area contributed by atoms with E-state index in [0.717, 1.165) is 21.9 Å². The molecule has 0 radical (unpaired) electrons. The number of aliphatic hydroxyl groups excluding tert-OH is 1. The highest BCUT2D eigenvalue weighted by molar-refractivity contribution is 8.00. The number of oxime groups is 1. The first kappa shape index (κ1) is 32.7. The van der Waals surface area contributed by atoms with Crippen LogP contribution in [0.5, 0.6) is 0 Å². The summed E-state index contributed by atoms with van der Waals surface area (Å²) >= 11 is 8.28. The largest absolute Gasteiger partial charge is 0.478 e. The lowest BCUT2D eigenvalue weighted by molar-refractivity contribution is -0.688. The van der Waals surface area contributed by atoms with Gasteiger partial charge in [-0.1, -0.05) is 28.1 Å². The third-order valence-corrected chi connectivity index (χ3v) is 9.22. The Labute approximate surface area is 273 Å².